The van der Waals surface area contributed by atoms with Gasteiger partial charge in [0.2, 0.25) is 0 Å². The first-order valence-corrected chi connectivity index (χ1v) is 6.60. The topological polar surface area (TPSA) is 26.3 Å². The molecule has 2 aliphatic rings. The Kier molecular flexibility index (Phi) is 2.80. The highest BCUT2D eigenvalue weighted by molar-refractivity contribution is 5.69. The fourth-order valence-corrected chi connectivity index (χ4v) is 3.76. The normalized spacial score (nSPS) is 40.0. The fourth-order valence-electron chi connectivity index (χ4n) is 3.76. The quantitative estimate of drug-likeness (QED) is 0.685. The monoisotopic (exact) mass is 224 g/mol. The molecule has 2 unspecified atom stereocenters. The maximum atomic E-state index is 11.6. The van der Waals surface area contributed by atoms with Crippen LogP contribution in [0.5, 0.6) is 0 Å². The molecule has 2 bridgehead atoms. The summed E-state index contributed by atoms with van der Waals surface area (Å²) >= 11 is 0. The SMILES string of the molecule is CCCC(=O)OC1CC2(C)CC[C@H]1C2(C)C. The number of rotatable bonds is 3. The maximum Gasteiger partial charge on any atom is 0.306 e. The first-order chi connectivity index (χ1) is 7.40. The van der Waals surface area contributed by atoms with Crippen LogP contribution >= 0.6 is 0 Å². The van der Waals surface area contributed by atoms with Crippen molar-refractivity contribution in [2.45, 2.75) is 65.9 Å². The van der Waals surface area contributed by atoms with Gasteiger partial charge in [-0.25, -0.2) is 0 Å². The van der Waals surface area contributed by atoms with Crippen LogP contribution in [0.3, 0.4) is 0 Å². The predicted molar refractivity (Wildman–Crippen MR) is 64.0 cm³/mol. The van der Waals surface area contributed by atoms with Crippen LogP contribution in [0.2, 0.25) is 0 Å². The first kappa shape index (κ1) is 11.9. The van der Waals surface area contributed by atoms with Gasteiger partial charge in [-0.2, -0.15) is 0 Å². The molecule has 0 N–H and O–H groups in total. The summed E-state index contributed by atoms with van der Waals surface area (Å²) in [4.78, 5) is 11.6. The van der Waals surface area contributed by atoms with E-state index in [1.807, 2.05) is 6.92 Å². The number of fused-ring (bicyclic) bond motifs is 2. The van der Waals surface area contributed by atoms with E-state index >= 15 is 0 Å². The van der Waals surface area contributed by atoms with Gasteiger partial charge < -0.3 is 4.74 Å². The minimum Gasteiger partial charge on any atom is -0.462 e. The molecule has 2 rings (SSSR count). The highest BCUT2D eigenvalue weighted by Crippen LogP contribution is 2.66. The van der Waals surface area contributed by atoms with E-state index in [1.165, 1.54) is 12.8 Å². The number of carbonyl (C=O) groups is 1. The molecule has 2 saturated carbocycles. The third-order valence-electron chi connectivity index (χ3n) is 5.33. The second-order valence-corrected chi connectivity index (χ2v) is 6.41. The molecule has 16 heavy (non-hydrogen) atoms. The molecule has 2 nitrogen and oxygen atoms in total. The average Bonchev–Trinajstić information content (AvgIpc) is 2.48. The molecule has 92 valence electrons. The third kappa shape index (κ3) is 1.57. The van der Waals surface area contributed by atoms with Crippen molar-refractivity contribution in [1.29, 1.82) is 0 Å². The second kappa shape index (κ2) is 3.75. The Hall–Kier alpha value is -0.530. The minimum absolute atomic E-state index is 0.000509. The molecule has 2 fully saturated rings. The number of hydrogen-bond acceptors (Lipinski definition) is 2. The lowest BCUT2D eigenvalue weighted by molar-refractivity contribution is -0.152. The van der Waals surface area contributed by atoms with Gasteiger partial charge in [-0.05, 0) is 36.5 Å². The molecule has 0 aromatic carbocycles. The summed E-state index contributed by atoms with van der Waals surface area (Å²) in [6.07, 6.45) is 5.24. The largest absolute Gasteiger partial charge is 0.462 e. The van der Waals surface area contributed by atoms with Crippen molar-refractivity contribution < 1.29 is 9.53 Å². The highest BCUT2D eigenvalue weighted by atomic mass is 16.5. The Morgan fingerprint density at radius 2 is 2.06 bits per heavy atom. The lowest BCUT2D eigenvalue weighted by atomic mass is 9.71. The van der Waals surface area contributed by atoms with E-state index in [-0.39, 0.29) is 12.1 Å². The Bertz CT molecular complexity index is 292. The number of esters is 1. The van der Waals surface area contributed by atoms with Crippen LogP contribution in [0, 0.1) is 16.7 Å². The van der Waals surface area contributed by atoms with Crippen LogP contribution in [-0.2, 0) is 9.53 Å². The van der Waals surface area contributed by atoms with Crippen molar-refractivity contribution >= 4 is 5.97 Å². The summed E-state index contributed by atoms with van der Waals surface area (Å²) in [5, 5.41) is 0. The number of carbonyl (C=O) groups excluding carboxylic acids is 1. The van der Waals surface area contributed by atoms with Gasteiger partial charge in [-0.15, -0.1) is 0 Å². The Morgan fingerprint density at radius 1 is 1.38 bits per heavy atom. The summed E-state index contributed by atoms with van der Waals surface area (Å²) in [5.41, 5.74) is 0.721. The van der Waals surface area contributed by atoms with Crippen molar-refractivity contribution in [2.24, 2.45) is 16.7 Å². The third-order valence-corrected chi connectivity index (χ3v) is 5.33. The van der Waals surface area contributed by atoms with Gasteiger partial charge in [0.05, 0.1) is 0 Å². The molecule has 0 aliphatic heterocycles. The molecule has 0 saturated heterocycles. The average molecular weight is 224 g/mol. The summed E-state index contributed by atoms with van der Waals surface area (Å²) in [6, 6.07) is 0. The molecule has 0 aromatic rings. The zero-order valence-electron chi connectivity index (χ0n) is 11.0. The summed E-state index contributed by atoms with van der Waals surface area (Å²) in [6.45, 7) is 9.07. The summed E-state index contributed by atoms with van der Waals surface area (Å²) in [5.74, 6) is 0.581. The van der Waals surface area contributed by atoms with Crippen LogP contribution in [0.25, 0.3) is 0 Å². The van der Waals surface area contributed by atoms with E-state index in [2.05, 4.69) is 20.8 Å². The molecule has 2 aliphatic carbocycles. The molecule has 0 amide bonds. The smallest absolute Gasteiger partial charge is 0.306 e. The van der Waals surface area contributed by atoms with Crippen LogP contribution in [-0.4, -0.2) is 12.1 Å². The van der Waals surface area contributed by atoms with E-state index in [0.29, 0.717) is 23.2 Å². The minimum atomic E-state index is -0.000509. The van der Waals surface area contributed by atoms with Crippen molar-refractivity contribution in [3.63, 3.8) is 0 Å². The lowest BCUT2D eigenvalue weighted by Crippen LogP contribution is -2.27. The Balaban J connectivity index is 2.04. The first-order valence-electron chi connectivity index (χ1n) is 6.60. The summed E-state index contributed by atoms with van der Waals surface area (Å²) < 4.78 is 5.65. The number of hydrogen-bond donors (Lipinski definition) is 0. The van der Waals surface area contributed by atoms with Crippen molar-refractivity contribution in [2.75, 3.05) is 0 Å². The fraction of sp³-hybridized carbons (Fsp3) is 0.929. The molecule has 0 radical (unpaired) electrons. The molecule has 3 atom stereocenters. The zero-order chi connectivity index (χ0) is 12.0. The van der Waals surface area contributed by atoms with E-state index in [9.17, 15) is 4.79 Å². The van der Waals surface area contributed by atoms with Gasteiger partial charge in [0.1, 0.15) is 6.10 Å². The molecule has 0 spiro atoms. The molecule has 0 aromatic heterocycles. The second-order valence-electron chi connectivity index (χ2n) is 6.41. The van der Waals surface area contributed by atoms with E-state index in [4.69, 9.17) is 4.74 Å². The van der Waals surface area contributed by atoms with E-state index < -0.39 is 0 Å². The number of ether oxygens (including phenoxy) is 1. The maximum absolute atomic E-state index is 11.6. The lowest BCUT2D eigenvalue weighted by Gasteiger charge is -2.33. The Morgan fingerprint density at radius 3 is 2.50 bits per heavy atom. The van der Waals surface area contributed by atoms with Crippen molar-refractivity contribution in [3.8, 4) is 0 Å². The van der Waals surface area contributed by atoms with Crippen molar-refractivity contribution in [3.05, 3.63) is 0 Å². The van der Waals surface area contributed by atoms with Gasteiger partial charge in [-0.1, -0.05) is 27.7 Å². The van der Waals surface area contributed by atoms with Crippen molar-refractivity contribution in [1.82, 2.24) is 0 Å². The molecule has 2 heteroatoms. The standard InChI is InChI=1S/C14H24O2/c1-5-6-12(15)16-11-9-14(4)8-7-10(11)13(14,2)3/h10-11H,5-9H2,1-4H3/t10-,11?,14?/m1/s1. The highest BCUT2D eigenvalue weighted by Gasteiger charge is 2.61. The van der Waals surface area contributed by atoms with Gasteiger partial charge in [0.25, 0.3) is 0 Å². The molecular weight excluding hydrogens is 200 g/mol. The van der Waals surface area contributed by atoms with Crippen LogP contribution < -0.4 is 0 Å². The Labute approximate surface area is 98.7 Å². The van der Waals surface area contributed by atoms with E-state index in [0.717, 1.165) is 12.8 Å². The van der Waals surface area contributed by atoms with Gasteiger partial charge >= 0.3 is 5.97 Å². The zero-order valence-corrected chi connectivity index (χ0v) is 11.0. The van der Waals surface area contributed by atoms with Crippen LogP contribution in [0.15, 0.2) is 0 Å². The van der Waals surface area contributed by atoms with Gasteiger partial charge in [0, 0.05) is 12.3 Å². The molecular formula is C14H24O2. The predicted octanol–water partition coefficient (Wildman–Crippen LogP) is 3.54. The van der Waals surface area contributed by atoms with Crippen LogP contribution in [0.1, 0.15) is 59.8 Å². The summed E-state index contributed by atoms with van der Waals surface area (Å²) in [7, 11) is 0. The molecule has 0 heterocycles. The van der Waals surface area contributed by atoms with Crippen LogP contribution in [0.4, 0.5) is 0 Å². The van der Waals surface area contributed by atoms with E-state index in [1.54, 1.807) is 0 Å². The van der Waals surface area contributed by atoms with Gasteiger partial charge in [-0.3, -0.25) is 4.79 Å². The van der Waals surface area contributed by atoms with Gasteiger partial charge in [0.15, 0.2) is 0 Å².